The van der Waals surface area contributed by atoms with Gasteiger partial charge in [0, 0.05) is 10.7 Å². The molecule has 0 radical (unpaired) electrons. The van der Waals surface area contributed by atoms with Crippen molar-refractivity contribution in [3.63, 3.8) is 0 Å². The highest BCUT2D eigenvalue weighted by atomic mass is 35.5. The summed E-state index contributed by atoms with van der Waals surface area (Å²) in [6.07, 6.45) is 0.978. The topological polar surface area (TPSA) is 38.3 Å². The van der Waals surface area contributed by atoms with Crippen LogP contribution in [0.25, 0.3) is 0 Å². The maximum atomic E-state index is 11.8. The Morgan fingerprint density at radius 1 is 1.20 bits per heavy atom. The van der Waals surface area contributed by atoms with Gasteiger partial charge in [-0.2, -0.15) is 0 Å². The summed E-state index contributed by atoms with van der Waals surface area (Å²) < 4.78 is 5.37. The van der Waals surface area contributed by atoms with Gasteiger partial charge in [0.05, 0.1) is 0 Å². The highest BCUT2D eigenvalue weighted by Gasteiger charge is 2.04. The number of rotatable bonds is 5. The van der Waals surface area contributed by atoms with Crippen molar-refractivity contribution in [2.24, 2.45) is 0 Å². The number of carbonyl (C=O) groups excluding carboxylic acids is 1. The zero-order valence-electron chi connectivity index (χ0n) is 11.2. The van der Waals surface area contributed by atoms with Crippen molar-refractivity contribution in [2.75, 3.05) is 11.9 Å². The largest absolute Gasteiger partial charge is 0.484 e. The summed E-state index contributed by atoms with van der Waals surface area (Å²) in [5, 5.41) is 3.36. The number of aryl methyl sites for hydroxylation is 1. The number of carbonyl (C=O) groups is 1. The first kappa shape index (κ1) is 14.4. The first-order valence-electron chi connectivity index (χ1n) is 6.44. The molecule has 3 nitrogen and oxygen atoms in total. The lowest BCUT2D eigenvalue weighted by atomic mass is 10.1. The summed E-state index contributed by atoms with van der Waals surface area (Å²) >= 11 is 5.84. The molecule has 4 heteroatoms. The summed E-state index contributed by atoms with van der Waals surface area (Å²) in [6.45, 7) is 2.04. The van der Waals surface area contributed by atoms with Crippen LogP contribution in [0.5, 0.6) is 5.75 Å². The van der Waals surface area contributed by atoms with E-state index in [0.717, 1.165) is 12.1 Å². The van der Waals surface area contributed by atoms with Crippen LogP contribution < -0.4 is 10.1 Å². The van der Waals surface area contributed by atoms with Crippen molar-refractivity contribution in [2.45, 2.75) is 13.3 Å². The summed E-state index contributed by atoms with van der Waals surface area (Å²) in [5.41, 5.74) is 2.00. The van der Waals surface area contributed by atoms with Gasteiger partial charge in [-0.15, -0.1) is 0 Å². The van der Waals surface area contributed by atoms with Gasteiger partial charge in [0.1, 0.15) is 5.75 Å². The van der Waals surface area contributed by atoms with E-state index in [0.29, 0.717) is 10.8 Å². The normalized spacial score (nSPS) is 10.1. The van der Waals surface area contributed by atoms with Crippen LogP contribution in [0.2, 0.25) is 5.02 Å². The van der Waals surface area contributed by atoms with E-state index in [1.54, 1.807) is 24.3 Å². The molecule has 2 rings (SSSR count). The van der Waals surface area contributed by atoms with Crippen molar-refractivity contribution >= 4 is 23.2 Å². The van der Waals surface area contributed by atoms with Crippen LogP contribution in [-0.4, -0.2) is 12.5 Å². The number of anilines is 1. The molecule has 0 aliphatic rings. The Bertz CT molecular complexity index is 581. The fraction of sp³-hybridized carbons (Fsp3) is 0.188. The third-order valence-corrected chi connectivity index (χ3v) is 3.05. The van der Waals surface area contributed by atoms with E-state index in [1.807, 2.05) is 24.3 Å². The van der Waals surface area contributed by atoms with Crippen LogP contribution in [-0.2, 0) is 11.2 Å². The Morgan fingerprint density at radius 3 is 2.60 bits per heavy atom. The third-order valence-electron chi connectivity index (χ3n) is 2.81. The molecule has 2 aromatic rings. The SMILES string of the molecule is CCc1ccc(NC(=O)COc2cccc(Cl)c2)cc1. The minimum atomic E-state index is -0.200. The maximum absolute atomic E-state index is 11.8. The van der Waals surface area contributed by atoms with Crippen molar-refractivity contribution in [3.05, 3.63) is 59.1 Å². The predicted octanol–water partition coefficient (Wildman–Crippen LogP) is 3.92. The lowest BCUT2D eigenvalue weighted by Gasteiger charge is -2.08. The number of amides is 1. The second kappa shape index (κ2) is 6.96. The van der Waals surface area contributed by atoms with E-state index in [4.69, 9.17) is 16.3 Å². The molecule has 0 aliphatic carbocycles. The molecule has 0 fully saturated rings. The number of hydrogen-bond donors (Lipinski definition) is 1. The Morgan fingerprint density at radius 2 is 1.95 bits per heavy atom. The molecule has 104 valence electrons. The monoisotopic (exact) mass is 289 g/mol. The Balaban J connectivity index is 1.85. The molecule has 2 aromatic carbocycles. The number of ether oxygens (including phenoxy) is 1. The van der Waals surface area contributed by atoms with Crippen LogP contribution in [0, 0.1) is 0 Å². The standard InChI is InChI=1S/C16H16ClNO2/c1-2-12-6-8-14(9-7-12)18-16(19)11-20-15-5-3-4-13(17)10-15/h3-10H,2,11H2,1H3,(H,18,19). The Hall–Kier alpha value is -2.00. The van der Waals surface area contributed by atoms with Crippen molar-refractivity contribution < 1.29 is 9.53 Å². The lowest BCUT2D eigenvalue weighted by molar-refractivity contribution is -0.118. The molecule has 0 aliphatic heterocycles. The van der Waals surface area contributed by atoms with Crippen molar-refractivity contribution in [1.29, 1.82) is 0 Å². The van der Waals surface area contributed by atoms with Gasteiger partial charge in [0.25, 0.3) is 5.91 Å². The molecule has 0 unspecified atom stereocenters. The molecular formula is C16H16ClNO2. The third kappa shape index (κ3) is 4.28. The van der Waals surface area contributed by atoms with E-state index in [-0.39, 0.29) is 12.5 Å². The first-order chi connectivity index (χ1) is 9.67. The lowest BCUT2D eigenvalue weighted by Crippen LogP contribution is -2.20. The van der Waals surface area contributed by atoms with Gasteiger partial charge in [-0.25, -0.2) is 0 Å². The van der Waals surface area contributed by atoms with Gasteiger partial charge >= 0.3 is 0 Å². The molecular weight excluding hydrogens is 274 g/mol. The van der Waals surface area contributed by atoms with Crippen LogP contribution in [0.3, 0.4) is 0 Å². The van der Waals surface area contributed by atoms with Gasteiger partial charge < -0.3 is 10.1 Å². The molecule has 0 saturated heterocycles. The molecule has 0 heterocycles. The first-order valence-corrected chi connectivity index (χ1v) is 6.82. The van der Waals surface area contributed by atoms with E-state index < -0.39 is 0 Å². The predicted molar refractivity (Wildman–Crippen MR) is 81.4 cm³/mol. The molecule has 0 bridgehead atoms. The number of hydrogen-bond acceptors (Lipinski definition) is 2. The molecule has 0 atom stereocenters. The van der Waals surface area contributed by atoms with Crippen LogP contribution in [0.15, 0.2) is 48.5 Å². The van der Waals surface area contributed by atoms with Crippen LogP contribution >= 0.6 is 11.6 Å². The average molecular weight is 290 g/mol. The Labute approximate surface area is 123 Å². The van der Waals surface area contributed by atoms with E-state index in [2.05, 4.69) is 12.2 Å². The van der Waals surface area contributed by atoms with Gasteiger partial charge in [0.15, 0.2) is 6.61 Å². The van der Waals surface area contributed by atoms with Crippen molar-refractivity contribution in [3.8, 4) is 5.75 Å². The Kier molecular flexibility index (Phi) is 5.02. The number of benzene rings is 2. The van der Waals surface area contributed by atoms with Gasteiger partial charge in [0.2, 0.25) is 0 Å². The highest BCUT2D eigenvalue weighted by Crippen LogP contribution is 2.17. The van der Waals surface area contributed by atoms with Crippen LogP contribution in [0.4, 0.5) is 5.69 Å². The maximum Gasteiger partial charge on any atom is 0.262 e. The molecule has 0 aromatic heterocycles. The molecule has 20 heavy (non-hydrogen) atoms. The molecule has 0 saturated carbocycles. The van der Waals surface area contributed by atoms with Crippen LogP contribution in [0.1, 0.15) is 12.5 Å². The highest BCUT2D eigenvalue weighted by molar-refractivity contribution is 6.30. The van der Waals surface area contributed by atoms with E-state index in [1.165, 1.54) is 5.56 Å². The second-order valence-corrected chi connectivity index (χ2v) is 4.78. The minimum Gasteiger partial charge on any atom is -0.484 e. The quantitative estimate of drug-likeness (QED) is 0.906. The molecule has 0 spiro atoms. The number of halogens is 1. The van der Waals surface area contributed by atoms with E-state index >= 15 is 0 Å². The van der Waals surface area contributed by atoms with Gasteiger partial charge in [-0.3, -0.25) is 4.79 Å². The summed E-state index contributed by atoms with van der Waals surface area (Å²) in [5.74, 6) is 0.378. The summed E-state index contributed by atoms with van der Waals surface area (Å²) in [4.78, 5) is 11.8. The van der Waals surface area contributed by atoms with Crippen molar-refractivity contribution in [1.82, 2.24) is 0 Å². The summed E-state index contributed by atoms with van der Waals surface area (Å²) in [6, 6.07) is 14.7. The fourth-order valence-electron chi connectivity index (χ4n) is 1.73. The van der Waals surface area contributed by atoms with E-state index in [9.17, 15) is 4.79 Å². The minimum absolute atomic E-state index is 0.0458. The molecule has 1 N–H and O–H groups in total. The number of nitrogens with one attached hydrogen (secondary N) is 1. The zero-order chi connectivity index (χ0) is 14.4. The zero-order valence-corrected chi connectivity index (χ0v) is 12.0. The smallest absolute Gasteiger partial charge is 0.262 e. The van der Waals surface area contributed by atoms with Gasteiger partial charge in [-0.05, 0) is 42.3 Å². The molecule has 1 amide bonds. The average Bonchev–Trinajstić information content (AvgIpc) is 2.46. The second-order valence-electron chi connectivity index (χ2n) is 4.34. The fourth-order valence-corrected chi connectivity index (χ4v) is 1.91. The van der Waals surface area contributed by atoms with Gasteiger partial charge in [-0.1, -0.05) is 36.7 Å². The summed E-state index contributed by atoms with van der Waals surface area (Å²) in [7, 11) is 0.